The van der Waals surface area contributed by atoms with Crippen molar-refractivity contribution in [3.05, 3.63) is 52.3 Å². The highest BCUT2D eigenvalue weighted by Crippen LogP contribution is 2.23. The second-order valence-electron chi connectivity index (χ2n) is 3.75. The lowest BCUT2D eigenvalue weighted by molar-refractivity contribution is 0.563. The van der Waals surface area contributed by atoms with Crippen LogP contribution >= 0.6 is 15.9 Å². The van der Waals surface area contributed by atoms with E-state index < -0.39 is 26.6 Å². The van der Waals surface area contributed by atoms with Gasteiger partial charge in [-0.25, -0.2) is 21.2 Å². The largest absolute Gasteiger partial charge is 0.268 e. The summed E-state index contributed by atoms with van der Waals surface area (Å²) < 4.78 is 51.7. The maximum Gasteiger partial charge on any atom is 0.268 e. The van der Waals surface area contributed by atoms with E-state index in [0.29, 0.717) is 16.2 Å². The summed E-state index contributed by atoms with van der Waals surface area (Å²) in [5, 5.41) is 0. The molecule has 0 N–H and O–H groups in total. The van der Waals surface area contributed by atoms with Gasteiger partial charge in [-0.05, 0) is 46.6 Å². The SMILES string of the molecule is Cc1cc(Br)n(S(=O)(=O)c2cc(F)cc(F)c2)c1. The van der Waals surface area contributed by atoms with E-state index in [0.717, 1.165) is 16.1 Å². The fourth-order valence-electron chi connectivity index (χ4n) is 1.51. The van der Waals surface area contributed by atoms with Crippen molar-refractivity contribution in [1.82, 2.24) is 3.97 Å². The Bertz CT molecular complexity index is 690. The van der Waals surface area contributed by atoms with Crippen molar-refractivity contribution in [2.45, 2.75) is 11.8 Å². The minimum absolute atomic E-state index is 0.296. The molecule has 1 aromatic carbocycles. The quantitative estimate of drug-likeness (QED) is 0.846. The van der Waals surface area contributed by atoms with E-state index in [4.69, 9.17) is 0 Å². The molecule has 7 heteroatoms. The highest BCUT2D eigenvalue weighted by Gasteiger charge is 2.21. The Morgan fingerprint density at radius 3 is 2.11 bits per heavy atom. The first kappa shape index (κ1) is 13.2. The molecule has 2 aromatic rings. The van der Waals surface area contributed by atoms with Crippen molar-refractivity contribution in [3.8, 4) is 0 Å². The molecule has 2 rings (SSSR count). The first-order valence-electron chi connectivity index (χ1n) is 4.87. The van der Waals surface area contributed by atoms with Crippen LogP contribution in [0.15, 0.2) is 40.0 Å². The lowest BCUT2D eigenvalue weighted by atomic mass is 10.3. The van der Waals surface area contributed by atoms with Gasteiger partial charge in [0.1, 0.15) is 11.6 Å². The predicted octanol–water partition coefficient (Wildman–Crippen LogP) is 3.07. The molecule has 0 bridgehead atoms. The average molecular weight is 336 g/mol. The van der Waals surface area contributed by atoms with Crippen molar-refractivity contribution in [2.75, 3.05) is 0 Å². The smallest absolute Gasteiger partial charge is 0.235 e. The molecule has 0 saturated heterocycles. The second kappa shape index (κ2) is 4.47. The van der Waals surface area contributed by atoms with E-state index in [9.17, 15) is 17.2 Å². The Hall–Kier alpha value is -1.21. The minimum Gasteiger partial charge on any atom is -0.235 e. The zero-order valence-corrected chi connectivity index (χ0v) is 11.6. The summed E-state index contributed by atoms with van der Waals surface area (Å²) in [6.45, 7) is 1.71. The molecule has 0 fully saturated rings. The van der Waals surface area contributed by atoms with Gasteiger partial charge in [-0.1, -0.05) is 0 Å². The number of hydrogen-bond donors (Lipinski definition) is 0. The van der Waals surface area contributed by atoms with Crippen LogP contribution in [0.25, 0.3) is 0 Å². The van der Waals surface area contributed by atoms with E-state index >= 15 is 0 Å². The molecule has 3 nitrogen and oxygen atoms in total. The molecule has 0 aliphatic carbocycles. The first-order valence-corrected chi connectivity index (χ1v) is 7.10. The summed E-state index contributed by atoms with van der Waals surface area (Å²) >= 11 is 3.08. The molecule has 0 aliphatic heterocycles. The summed E-state index contributed by atoms with van der Waals surface area (Å²) in [6.07, 6.45) is 1.36. The predicted molar refractivity (Wildman–Crippen MR) is 65.8 cm³/mol. The van der Waals surface area contributed by atoms with Gasteiger partial charge in [0.05, 0.1) is 9.50 Å². The summed E-state index contributed by atoms with van der Waals surface area (Å²) in [7, 11) is -4.00. The molecular weight excluding hydrogens is 328 g/mol. The van der Waals surface area contributed by atoms with Crippen LogP contribution in [0, 0.1) is 18.6 Å². The first-order chi connectivity index (χ1) is 8.30. The van der Waals surface area contributed by atoms with E-state index in [1.807, 2.05) is 0 Å². The van der Waals surface area contributed by atoms with Crippen LogP contribution in [0.1, 0.15) is 5.56 Å². The second-order valence-corrected chi connectivity index (χ2v) is 6.37. The number of aryl methyl sites for hydroxylation is 1. The van der Waals surface area contributed by atoms with Gasteiger partial charge < -0.3 is 0 Å². The molecule has 0 radical (unpaired) electrons. The Balaban J connectivity index is 2.65. The minimum atomic E-state index is -4.00. The molecule has 1 aromatic heterocycles. The van der Waals surface area contributed by atoms with Crippen LogP contribution in [0.5, 0.6) is 0 Å². The number of benzene rings is 1. The zero-order chi connectivity index (χ0) is 13.5. The fraction of sp³-hybridized carbons (Fsp3) is 0.0909. The highest BCUT2D eigenvalue weighted by atomic mass is 79.9. The van der Waals surface area contributed by atoms with Crippen molar-refractivity contribution in [3.63, 3.8) is 0 Å². The van der Waals surface area contributed by atoms with Gasteiger partial charge in [0, 0.05) is 12.3 Å². The molecule has 0 unspecified atom stereocenters. The van der Waals surface area contributed by atoms with Crippen LogP contribution in [-0.2, 0) is 10.0 Å². The van der Waals surface area contributed by atoms with Gasteiger partial charge >= 0.3 is 0 Å². The zero-order valence-electron chi connectivity index (χ0n) is 9.19. The van der Waals surface area contributed by atoms with Gasteiger partial charge in [-0.2, -0.15) is 0 Å². The summed E-state index contributed by atoms with van der Waals surface area (Å²) in [5.41, 5.74) is 0.710. The number of aromatic nitrogens is 1. The molecular formula is C11H8BrF2NO2S. The van der Waals surface area contributed by atoms with Gasteiger partial charge in [0.2, 0.25) is 0 Å². The maximum absolute atomic E-state index is 13.1. The van der Waals surface area contributed by atoms with E-state index in [1.54, 1.807) is 13.0 Å². The van der Waals surface area contributed by atoms with E-state index in [1.165, 1.54) is 6.20 Å². The Kier molecular flexibility index (Phi) is 3.29. The molecule has 0 aliphatic rings. The monoisotopic (exact) mass is 335 g/mol. The van der Waals surface area contributed by atoms with E-state index in [-0.39, 0.29) is 0 Å². The normalized spacial score (nSPS) is 11.8. The molecule has 0 atom stereocenters. The number of nitrogens with zero attached hydrogens (tertiary/aromatic N) is 1. The molecule has 1 heterocycles. The lowest BCUT2D eigenvalue weighted by Gasteiger charge is -2.07. The van der Waals surface area contributed by atoms with Crippen LogP contribution in [0.2, 0.25) is 0 Å². The third kappa shape index (κ3) is 2.32. The van der Waals surface area contributed by atoms with Crippen molar-refractivity contribution in [2.24, 2.45) is 0 Å². The Morgan fingerprint density at radius 1 is 1.11 bits per heavy atom. The number of hydrogen-bond acceptors (Lipinski definition) is 2. The van der Waals surface area contributed by atoms with Crippen molar-refractivity contribution < 1.29 is 17.2 Å². The number of rotatable bonds is 2. The summed E-state index contributed by atoms with van der Waals surface area (Å²) in [4.78, 5) is -0.434. The lowest BCUT2D eigenvalue weighted by Crippen LogP contribution is -2.12. The van der Waals surface area contributed by atoms with E-state index in [2.05, 4.69) is 15.9 Å². The van der Waals surface area contributed by atoms with Gasteiger partial charge in [-0.3, -0.25) is 0 Å². The van der Waals surface area contributed by atoms with Crippen molar-refractivity contribution in [1.29, 1.82) is 0 Å². The third-order valence-electron chi connectivity index (χ3n) is 2.27. The Labute approximate surface area is 111 Å². The summed E-state index contributed by atoms with van der Waals surface area (Å²) in [5.74, 6) is -1.87. The third-order valence-corrected chi connectivity index (χ3v) is 4.77. The molecule has 0 amide bonds. The molecule has 0 spiro atoms. The maximum atomic E-state index is 13.1. The van der Waals surface area contributed by atoms with Gasteiger partial charge in [0.25, 0.3) is 10.0 Å². The van der Waals surface area contributed by atoms with Crippen LogP contribution in [-0.4, -0.2) is 12.4 Å². The topological polar surface area (TPSA) is 39.1 Å². The fourth-order valence-corrected chi connectivity index (χ4v) is 3.88. The molecule has 18 heavy (non-hydrogen) atoms. The standard InChI is InChI=1S/C11H8BrF2NO2S/c1-7-2-11(12)15(6-7)18(16,17)10-4-8(13)3-9(14)5-10/h2-6H,1H3. The Morgan fingerprint density at radius 2 is 1.67 bits per heavy atom. The van der Waals surface area contributed by atoms with Crippen LogP contribution in [0.4, 0.5) is 8.78 Å². The van der Waals surface area contributed by atoms with Gasteiger partial charge in [-0.15, -0.1) is 0 Å². The molecule has 96 valence electrons. The number of halogens is 3. The highest BCUT2D eigenvalue weighted by molar-refractivity contribution is 9.10. The van der Waals surface area contributed by atoms with Crippen molar-refractivity contribution >= 4 is 26.0 Å². The molecule has 0 saturated carbocycles. The summed E-state index contributed by atoms with van der Waals surface area (Å²) in [6, 6.07) is 3.77. The van der Waals surface area contributed by atoms with Crippen LogP contribution < -0.4 is 0 Å². The van der Waals surface area contributed by atoms with Crippen LogP contribution in [0.3, 0.4) is 0 Å². The average Bonchev–Trinajstić information content (AvgIpc) is 2.57. The van der Waals surface area contributed by atoms with Gasteiger partial charge in [0.15, 0.2) is 0 Å².